The Morgan fingerprint density at radius 2 is 1.83 bits per heavy atom. The van der Waals surface area contributed by atoms with E-state index in [1.54, 1.807) is 19.1 Å². The summed E-state index contributed by atoms with van der Waals surface area (Å²) in [7, 11) is 3.18. The summed E-state index contributed by atoms with van der Waals surface area (Å²) in [5, 5.41) is 3.09. The average molecular weight is 407 g/mol. The zero-order valence-electron chi connectivity index (χ0n) is 18.4. The van der Waals surface area contributed by atoms with Gasteiger partial charge in [0, 0.05) is 31.4 Å². The third-order valence-corrected chi connectivity index (χ3v) is 4.91. The summed E-state index contributed by atoms with van der Waals surface area (Å²) in [6.07, 6.45) is 1.44. The number of likely N-dealkylation sites (tertiary alicyclic amines) is 1. The number of nitrogens with zero attached hydrogens (tertiary/aromatic N) is 2. The van der Waals surface area contributed by atoms with Crippen molar-refractivity contribution in [2.45, 2.75) is 46.1 Å². The highest BCUT2D eigenvalue weighted by Crippen LogP contribution is 2.32. The average Bonchev–Trinajstić information content (AvgIpc) is 2.65. The number of nitrogens with two attached hydrogens (primary N) is 1. The number of carbonyl (C=O) groups excluding carboxylic acids is 1. The smallest absolute Gasteiger partial charge is 0.410 e. The van der Waals surface area contributed by atoms with Gasteiger partial charge in [-0.05, 0) is 51.2 Å². The summed E-state index contributed by atoms with van der Waals surface area (Å²) in [6, 6.07) is 5.47. The van der Waals surface area contributed by atoms with Crippen molar-refractivity contribution in [2.24, 2.45) is 16.1 Å². The zero-order chi connectivity index (χ0) is 21.7. The topological polar surface area (TPSA) is 98.4 Å². The first kappa shape index (κ1) is 22.6. The van der Waals surface area contributed by atoms with E-state index in [1.165, 1.54) is 0 Å². The SMILES string of the molecule is COc1ccc(NC(N)=NCC2(C)CCN(C(=O)OC(C)(C)C)CC2)cc1OC. The summed E-state index contributed by atoms with van der Waals surface area (Å²) in [5.41, 5.74) is 6.35. The lowest BCUT2D eigenvalue weighted by atomic mass is 9.80. The second kappa shape index (κ2) is 9.24. The molecule has 0 atom stereocenters. The molecule has 0 spiro atoms. The quantitative estimate of drug-likeness (QED) is 0.574. The van der Waals surface area contributed by atoms with Crippen LogP contribution in [0.3, 0.4) is 0 Å². The van der Waals surface area contributed by atoms with Crippen molar-refractivity contribution in [3.63, 3.8) is 0 Å². The molecule has 29 heavy (non-hydrogen) atoms. The van der Waals surface area contributed by atoms with Crippen molar-refractivity contribution in [1.29, 1.82) is 0 Å². The number of hydrogen-bond acceptors (Lipinski definition) is 5. The van der Waals surface area contributed by atoms with Crippen LogP contribution >= 0.6 is 0 Å². The molecule has 3 N–H and O–H groups in total. The van der Waals surface area contributed by atoms with Crippen molar-refractivity contribution in [2.75, 3.05) is 39.2 Å². The Balaban J connectivity index is 1.90. The molecule has 8 nitrogen and oxygen atoms in total. The number of piperidine rings is 1. The summed E-state index contributed by atoms with van der Waals surface area (Å²) < 4.78 is 16.0. The maximum atomic E-state index is 12.2. The highest BCUT2D eigenvalue weighted by molar-refractivity contribution is 5.92. The number of methoxy groups -OCH3 is 2. The standard InChI is InChI=1S/C21H34N4O4/c1-20(2,3)29-19(26)25-11-9-21(4,10-12-25)14-23-18(22)24-15-7-8-16(27-5)17(13-15)28-6/h7-8,13H,9-12,14H2,1-6H3,(H3,22,23,24). The highest BCUT2D eigenvalue weighted by atomic mass is 16.6. The van der Waals surface area contributed by atoms with Crippen molar-refractivity contribution < 1.29 is 19.0 Å². The van der Waals surface area contributed by atoms with E-state index in [2.05, 4.69) is 17.2 Å². The fourth-order valence-corrected chi connectivity index (χ4v) is 3.09. The van der Waals surface area contributed by atoms with Crippen LogP contribution in [0.15, 0.2) is 23.2 Å². The Hall–Kier alpha value is -2.64. The van der Waals surface area contributed by atoms with Gasteiger partial charge >= 0.3 is 6.09 Å². The molecule has 1 heterocycles. The first-order valence-corrected chi connectivity index (χ1v) is 9.82. The normalized spacial score (nSPS) is 16.9. The number of ether oxygens (including phenoxy) is 3. The number of nitrogens with one attached hydrogen (secondary N) is 1. The van der Waals surface area contributed by atoms with Crippen LogP contribution in [0.25, 0.3) is 0 Å². The number of guanidine groups is 1. The number of benzene rings is 1. The molecule has 0 aromatic heterocycles. The van der Waals surface area contributed by atoms with Gasteiger partial charge in [0.15, 0.2) is 17.5 Å². The number of rotatable bonds is 5. The second-order valence-corrected chi connectivity index (χ2v) is 8.67. The van der Waals surface area contributed by atoms with Gasteiger partial charge in [0.05, 0.1) is 14.2 Å². The lowest BCUT2D eigenvalue weighted by Gasteiger charge is -2.38. The van der Waals surface area contributed by atoms with Crippen LogP contribution < -0.4 is 20.5 Å². The predicted octanol–water partition coefficient (Wildman–Crippen LogP) is 3.47. The van der Waals surface area contributed by atoms with Crippen molar-refractivity contribution in [3.05, 3.63) is 18.2 Å². The molecule has 1 saturated heterocycles. The maximum Gasteiger partial charge on any atom is 0.410 e. The van der Waals surface area contributed by atoms with Gasteiger partial charge in [0.2, 0.25) is 0 Å². The molecule has 1 aromatic carbocycles. The van der Waals surface area contributed by atoms with Gasteiger partial charge < -0.3 is 30.2 Å². The lowest BCUT2D eigenvalue weighted by Crippen LogP contribution is -2.45. The van der Waals surface area contributed by atoms with Gasteiger partial charge in [-0.2, -0.15) is 0 Å². The minimum atomic E-state index is -0.480. The van der Waals surface area contributed by atoms with E-state index in [0.717, 1.165) is 18.5 Å². The van der Waals surface area contributed by atoms with Crippen LogP contribution in [0.5, 0.6) is 11.5 Å². The van der Waals surface area contributed by atoms with Crippen LogP contribution in [0.2, 0.25) is 0 Å². The summed E-state index contributed by atoms with van der Waals surface area (Å²) in [4.78, 5) is 18.5. The molecule has 0 radical (unpaired) electrons. The molecule has 0 saturated carbocycles. The van der Waals surface area contributed by atoms with Crippen molar-refractivity contribution in [1.82, 2.24) is 4.90 Å². The van der Waals surface area contributed by atoms with Crippen LogP contribution in [-0.2, 0) is 4.74 Å². The van der Waals surface area contributed by atoms with E-state index in [4.69, 9.17) is 19.9 Å². The molecule has 1 amide bonds. The van der Waals surface area contributed by atoms with Gasteiger partial charge in [-0.15, -0.1) is 0 Å². The summed E-state index contributed by atoms with van der Waals surface area (Å²) in [5.74, 6) is 1.61. The predicted molar refractivity (Wildman–Crippen MR) is 115 cm³/mol. The molecule has 2 rings (SSSR count). The molecule has 162 valence electrons. The lowest BCUT2D eigenvalue weighted by molar-refractivity contribution is 0.0127. The number of amides is 1. The van der Waals surface area contributed by atoms with Crippen LogP contribution in [0, 0.1) is 5.41 Å². The van der Waals surface area contributed by atoms with Gasteiger partial charge in [0.1, 0.15) is 5.60 Å². The maximum absolute atomic E-state index is 12.2. The molecule has 0 aliphatic carbocycles. The molecular weight excluding hydrogens is 372 g/mol. The molecule has 1 fully saturated rings. The fraction of sp³-hybridized carbons (Fsp3) is 0.619. The number of carbonyl (C=O) groups is 1. The van der Waals surface area contributed by atoms with Crippen molar-refractivity contribution >= 4 is 17.7 Å². The van der Waals surface area contributed by atoms with Gasteiger partial charge in [-0.1, -0.05) is 6.92 Å². The minimum absolute atomic E-state index is 0.0115. The van der Waals surface area contributed by atoms with Gasteiger partial charge in [0.25, 0.3) is 0 Å². The largest absolute Gasteiger partial charge is 0.493 e. The van der Waals surface area contributed by atoms with Crippen molar-refractivity contribution in [3.8, 4) is 11.5 Å². The Morgan fingerprint density at radius 1 is 1.21 bits per heavy atom. The van der Waals surface area contributed by atoms with Crippen LogP contribution in [0.4, 0.5) is 10.5 Å². The summed E-state index contributed by atoms with van der Waals surface area (Å²) in [6.45, 7) is 9.70. The Bertz CT molecular complexity index is 735. The van der Waals surface area contributed by atoms with Gasteiger partial charge in [-0.25, -0.2) is 4.79 Å². The molecule has 1 aliphatic heterocycles. The Morgan fingerprint density at radius 3 is 2.38 bits per heavy atom. The Labute approximate surface area is 173 Å². The van der Waals surface area contributed by atoms with E-state index >= 15 is 0 Å². The zero-order valence-corrected chi connectivity index (χ0v) is 18.4. The molecule has 1 aromatic rings. The molecule has 1 aliphatic rings. The van der Waals surface area contributed by atoms with E-state index < -0.39 is 5.60 Å². The molecule has 0 bridgehead atoms. The van der Waals surface area contributed by atoms with E-state index in [-0.39, 0.29) is 11.5 Å². The van der Waals surface area contributed by atoms with E-state index in [0.29, 0.717) is 37.1 Å². The number of anilines is 1. The third kappa shape index (κ3) is 6.73. The molecule has 8 heteroatoms. The second-order valence-electron chi connectivity index (χ2n) is 8.67. The first-order valence-electron chi connectivity index (χ1n) is 9.82. The third-order valence-electron chi connectivity index (χ3n) is 4.91. The monoisotopic (exact) mass is 406 g/mol. The number of aliphatic imine (C=N–C) groups is 1. The van der Waals surface area contributed by atoms with Crippen LogP contribution in [-0.4, -0.2) is 56.4 Å². The van der Waals surface area contributed by atoms with Crippen LogP contribution in [0.1, 0.15) is 40.5 Å². The number of hydrogen-bond donors (Lipinski definition) is 2. The molecular formula is C21H34N4O4. The van der Waals surface area contributed by atoms with Gasteiger partial charge in [-0.3, -0.25) is 4.99 Å². The summed E-state index contributed by atoms with van der Waals surface area (Å²) >= 11 is 0. The fourth-order valence-electron chi connectivity index (χ4n) is 3.09. The van der Waals surface area contributed by atoms with E-state index in [9.17, 15) is 4.79 Å². The first-order chi connectivity index (χ1) is 13.5. The molecule has 0 unspecified atom stereocenters. The van der Waals surface area contributed by atoms with E-state index in [1.807, 2.05) is 39.0 Å². The Kier molecular flexibility index (Phi) is 7.21. The highest BCUT2D eigenvalue weighted by Gasteiger charge is 2.33. The minimum Gasteiger partial charge on any atom is -0.493 e.